The topological polar surface area (TPSA) is 58.1 Å². The Morgan fingerprint density at radius 1 is 1.30 bits per heavy atom. The van der Waals surface area contributed by atoms with Crippen molar-refractivity contribution in [3.05, 3.63) is 31.6 Å². The van der Waals surface area contributed by atoms with Crippen LogP contribution in [0.2, 0.25) is 5.15 Å². The van der Waals surface area contributed by atoms with Crippen LogP contribution < -0.4 is 11.2 Å². The van der Waals surface area contributed by atoms with Crippen LogP contribution in [0.1, 0.15) is 31.7 Å². The van der Waals surface area contributed by atoms with Crippen molar-refractivity contribution in [3.63, 3.8) is 0 Å². The summed E-state index contributed by atoms with van der Waals surface area (Å²) in [5.74, 6) is 0.389. The lowest BCUT2D eigenvalue weighted by atomic mass is 9.97. The van der Waals surface area contributed by atoms with Gasteiger partial charge in [0.25, 0.3) is 5.56 Å². The highest BCUT2D eigenvalue weighted by atomic mass is 35.5. The first kappa shape index (κ1) is 15.3. The number of hydrogen-bond acceptors (Lipinski definition) is 3. The van der Waals surface area contributed by atoms with Crippen LogP contribution in [0.15, 0.2) is 9.59 Å². The van der Waals surface area contributed by atoms with Gasteiger partial charge in [0.15, 0.2) is 0 Å². The number of nitrogens with zero attached hydrogens (tertiary/aromatic N) is 2. The smallest absolute Gasteiger partial charge is 0.306 e. The average molecular weight is 300 g/mol. The Hall–Kier alpha value is -1.07. The van der Waals surface area contributed by atoms with Crippen LogP contribution >= 0.6 is 11.6 Å². The number of nitrogens with one attached hydrogen (secondary N) is 1. The molecule has 0 atom stereocenters. The largest absolute Gasteiger partial charge is 0.329 e. The van der Waals surface area contributed by atoms with Crippen LogP contribution in [-0.4, -0.2) is 34.6 Å². The Morgan fingerprint density at radius 2 is 1.95 bits per heavy atom. The summed E-state index contributed by atoms with van der Waals surface area (Å²) >= 11 is 5.97. The van der Waals surface area contributed by atoms with Crippen molar-refractivity contribution in [3.8, 4) is 0 Å². The Morgan fingerprint density at radius 3 is 2.55 bits per heavy atom. The molecule has 2 heterocycles. The number of aromatic nitrogens is 2. The second-order valence-corrected chi connectivity index (χ2v) is 6.01. The Balaban J connectivity index is 2.25. The average Bonchev–Trinajstić information content (AvgIpc) is 2.41. The summed E-state index contributed by atoms with van der Waals surface area (Å²) in [7, 11) is 2.09. The standard InChI is InChI=1S/C14H22ClN3O2/c1-3-4-11-12(15)16-14(20)18(13(11)19)9-10-5-7-17(2)8-6-10/h10H,3-9H2,1-2H3,(H,16,20). The molecule has 0 bridgehead atoms. The van der Waals surface area contributed by atoms with Gasteiger partial charge in [0.1, 0.15) is 5.15 Å². The van der Waals surface area contributed by atoms with E-state index < -0.39 is 5.69 Å². The molecule has 1 aromatic rings. The Labute approximate surface area is 123 Å². The van der Waals surface area contributed by atoms with Crippen molar-refractivity contribution in [2.24, 2.45) is 5.92 Å². The molecule has 0 radical (unpaired) electrons. The summed E-state index contributed by atoms with van der Waals surface area (Å²) in [6, 6.07) is 0. The van der Waals surface area contributed by atoms with Crippen molar-refractivity contribution in [2.45, 2.75) is 39.2 Å². The van der Waals surface area contributed by atoms with Gasteiger partial charge in [0, 0.05) is 6.54 Å². The third kappa shape index (κ3) is 3.33. The minimum atomic E-state index is -0.390. The summed E-state index contributed by atoms with van der Waals surface area (Å²) in [5.41, 5.74) is -0.0833. The molecule has 2 rings (SSSR count). The molecule has 0 amide bonds. The summed E-state index contributed by atoms with van der Waals surface area (Å²) in [4.78, 5) is 29.2. The van der Waals surface area contributed by atoms with E-state index in [9.17, 15) is 9.59 Å². The lowest BCUT2D eigenvalue weighted by molar-refractivity contribution is 0.202. The van der Waals surface area contributed by atoms with Gasteiger partial charge >= 0.3 is 5.69 Å². The molecule has 6 heteroatoms. The quantitative estimate of drug-likeness (QED) is 0.857. The van der Waals surface area contributed by atoms with Gasteiger partial charge in [-0.25, -0.2) is 4.79 Å². The molecular formula is C14H22ClN3O2. The van der Waals surface area contributed by atoms with Gasteiger partial charge in [-0.1, -0.05) is 24.9 Å². The maximum Gasteiger partial charge on any atom is 0.329 e. The molecule has 5 nitrogen and oxygen atoms in total. The van der Waals surface area contributed by atoms with E-state index in [0.29, 0.717) is 24.4 Å². The fourth-order valence-electron chi connectivity index (χ4n) is 2.72. The maximum absolute atomic E-state index is 12.4. The lowest BCUT2D eigenvalue weighted by Gasteiger charge is -2.29. The number of halogens is 1. The molecule has 0 saturated carbocycles. The van der Waals surface area contributed by atoms with E-state index in [1.165, 1.54) is 4.57 Å². The number of hydrogen-bond donors (Lipinski definition) is 1. The normalized spacial score (nSPS) is 17.6. The number of H-pyrrole nitrogens is 1. The van der Waals surface area contributed by atoms with Gasteiger partial charge in [0.2, 0.25) is 0 Å². The Kier molecular flexibility index (Phi) is 5.05. The van der Waals surface area contributed by atoms with E-state index in [-0.39, 0.29) is 10.7 Å². The molecule has 1 saturated heterocycles. The third-order valence-corrected chi connectivity index (χ3v) is 4.33. The molecule has 1 aliphatic heterocycles. The first-order chi connectivity index (χ1) is 9.52. The predicted octanol–water partition coefficient (Wildman–Crippen LogP) is 1.48. The molecule has 0 unspecified atom stereocenters. The second-order valence-electron chi connectivity index (χ2n) is 5.64. The molecule has 0 spiro atoms. The summed E-state index contributed by atoms with van der Waals surface area (Å²) in [6.07, 6.45) is 3.47. The van der Waals surface area contributed by atoms with Gasteiger partial charge < -0.3 is 4.90 Å². The zero-order valence-electron chi connectivity index (χ0n) is 12.1. The van der Waals surface area contributed by atoms with Crippen LogP contribution in [0.4, 0.5) is 0 Å². The van der Waals surface area contributed by atoms with E-state index in [1.54, 1.807) is 0 Å². The number of likely N-dealkylation sites (tertiary alicyclic amines) is 1. The van der Waals surface area contributed by atoms with Gasteiger partial charge in [-0.05, 0) is 45.3 Å². The molecule has 20 heavy (non-hydrogen) atoms. The van der Waals surface area contributed by atoms with Crippen LogP contribution in [-0.2, 0) is 13.0 Å². The molecule has 0 aromatic carbocycles. The van der Waals surface area contributed by atoms with Gasteiger partial charge in [0.05, 0.1) is 5.56 Å². The lowest BCUT2D eigenvalue weighted by Crippen LogP contribution is -2.41. The zero-order valence-corrected chi connectivity index (χ0v) is 12.9. The number of rotatable bonds is 4. The molecule has 1 N–H and O–H groups in total. The first-order valence-corrected chi connectivity index (χ1v) is 7.60. The second kappa shape index (κ2) is 6.59. The highest BCUT2D eigenvalue weighted by molar-refractivity contribution is 6.30. The van der Waals surface area contributed by atoms with Gasteiger partial charge in [-0.2, -0.15) is 0 Å². The Bertz CT molecular complexity index is 571. The molecule has 0 aliphatic carbocycles. The van der Waals surface area contributed by atoms with E-state index in [1.807, 2.05) is 6.92 Å². The van der Waals surface area contributed by atoms with Crippen LogP contribution in [0.25, 0.3) is 0 Å². The molecule has 112 valence electrons. The van der Waals surface area contributed by atoms with E-state index in [4.69, 9.17) is 11.6 Å². The van der Waals surface area contributed by atoms with Crippen LogP contribution in [0.3, 0.4) is 0 Å². The van der Waals surface area contributed by atoms with Crippen molar-refractivity contribution >= 4 is 11.6 Å². The van der Waals surface area contributed by atoms with E-state index in [2.05, 4.69) is 16.9 Å². The first-order valence-electron chi connectivity index (χ1n) is 7.23. The minimum absolute atomic E-state index is 0.196. The predicted molar refractivity (Wildman–Crippen MR) is 80.5 cm³/mol. The molecule has 1 aliphatic rings. The van der Waals surface area contributed by atoms with Crippen molar-refractivity contribution in [2.75, 3.05) is 20.1 Å². The highest BCUT2D eigenvalue weighted by Crippen LogP contribution is 2.17. The van der Waals surface area contributed by atoms with Gasteiger partial charge in [-0.15, -0.1) is 0 Å². The van der Waals surface area contributed by atoms with Crippen molar-refractivity contribution in [1.82, 2.24) is 14.5 Å². The maximum atomic E-state index is 12.4. The molecule has 1 fully saturated rings. The fourth-order valence-corrected chi connectivity index (χ4v) is 2.98. The van der Waals surface area contributed by atoms with Crippen LogP contribution in [0, 0.1) is 5.92 Å². The summed E-state index contributed by atoms with van der Waals surface area (Å²) in [6.45, 7) is 4.53. The monoisotopic (exact) mass is 299 g/mol. The van der Waals surface area contributed by atoms with Crippen LogP contribution in [0.5, 0.6) is 0 Å². The minimum Gasteiger partial charge on any atom is -0.306 e. The highest BCUT2D eigenvalue weighted by Gasteiger charge is 2.20. The number of aromatic amines is 1. The van der Waals surface area contributed by atoms with E-state index >= 15 is 0 Å². The molecular weight excluding hydrogens is 278 g/mol. The SMILES string of the molecule is CCCc1c(Cl)[nH]c(=O)n(CC2CCN(C)CC2)c1=O. The summed E-state index contributed by atoms with van der Waals surface area (Å²) < 4.78 is 1.33. The third-order valence-electron chi connectivity index (χ3n) is 4.01. The molecule has 1 aromatic heterocycles. The summed E-state index contributed by atoms with van der Waals surface area (Å²) in [5, 5.41) is 0.196. The van der Waals surface area contributed by atoms with Gasteiger partial charge in [-0.3, -0.25) is 14.3 Å². The zero-order chi connectivity index (χ0) is 14.7. The fraction of sp³-hybridized carbons (Fsp3) is 0.714. The number of piperidine rings is 1. The van der Waals surface area contributed by atoms with Crippen molar-refractivity contribution < 1.29 is 0 Å². The van der Waals surface area contributed by atoms with Crippen molar-refractivity contribution in [1.29, 1.82) is 0 Å². The van der Waals surface area contributed by atoms with E-state index in [0.717, 1.165) is 32.4 Å².